The molecule has 0 atom stereocenters. The van der Waals surface area contributed by atoms with E-state index < -0.39 is 0 Å². The molecule has 0 aliphatic heterocycles. The molecule has 0 fully saturated rings. The molecule has 0 radical (unpaired) electrons. The van der Waals surface area contributed by atoms with E-state index in [0.717, 1.165) is 22.5 Å². The van der Waals surface area contributed by atoms with Gasteiger partial charge in [-0.2, -0.15) is 5.10 Å². The van der Waals surface area contributed by atoms with Gasteiger partial charge >= 0.3 is 0 Å². The first kappa shape index (κ1) is 17.7. The summed E-state index contributed by atoms with van der Waals surface area (Å²) in [7, 11) is 0. The molecule has 2 aromatic rings. The third-order valence-electron chi connectivity index (χ3n) is 3.46. The zero-order valence-corrected chi connectivity index (χ0v) is 14.1. The summed E-state index contributed by atoms with van der Waals surface area (Å²) < 4.78 is 0. The van der Waals surface area contributed by atoms with E-state index in [-0.39, 0.29) is 12.5 Å². The number of aliphatic hydroxyl groups is 1. The molecule has 1 amide bonds. The molecule has 2 N–H and O–H groups in total. The number of anilines is 1. The molecule has 0 aromatic heterocycles. The third-order valence-corrected chi connectivity index (χ3v) is 3.46. The van der Waals surface area contributed by atoms with E-state index in [1.165, 1.54) is 6.92 Å². The van der Waals surface area contributed by atoms with E-state index in [9.17, 15) is 9.90 Å². The summed E-state index contributed by atoms with van der Waals surface area (Å²) in [6, 6.07) is 17.6. The lowest BCUT2D eigenvalue weighted by atomic mass is 10.1. The Labute approximate surface area is 142 Å². The van der Waals surface area contributed by atoms with Crippen molar-refractivity contribution in [2.24, 2.45) is 5.10 Å². The van der Waals surface area contributed by atoms with Crippen molar-refractivity contribution in [3.05, 3.63) is 65.7 Å². The molecule has 2 aromatic carbocycles. The Morgan fingerprint density at radius 3 is 2.54 bits per heavy atom. The van der Waals surface area contributed by atoms with Crippen molar-refractivity contribution in [1.82, 2.24) is 5.01 Å². The number of hydrazone groups is 1. The number of rotatable bonds is 7. The number of carbonyl (C=O) groups is 1. The number of amides is 1. The fourth-order valence-electron chi connectivity index (χ4n) is 2.37. The quantitative estimate of drug-likeness (QED) is 0.608. The van der Waals surface area contributed by atoms with E-state index >= 15 is 0 Å². The molecular weight excluding hydrogens is 302 g/mol. The highest BCUT2D eigenvalue weighted by atomic mass is 16.3. The van der Waals surface area contributed by atoms with Gasteiger partial charge in [-0.05, 0) is 30.2 Å². The number of benzene rings is 2. The van der Waals surface area contributed by atoms with E-state index in [2.05, 4.69) is 10.4 Å². The molecule has 24 heavy (non-hydrogen) atoms. The minimum atomic E-state index is -0.104. The fraction of sp³-hybridized carbons (Fsp3) is 0.263. The molecule has 0 bridgehead atoms. The van der Waals surface area contributed by atoms with Gasteiger partial charge < -0.3 is 10.4 Å². The van der Waals surface area contributed by atoms with Gasteiger partial charge in [0.1, 0.15) is 0 Å². The van der Waals surface area contributed by atoms with Crippen molar-refractivity contribution >= 4 is 17.3 Å². The summed E-state index contributed by atoms with van der Waals surface area (Å²) in [5.74, 6) is -0.104. The van der Waals surface area contributed by atoms with Crippen LogP contribution in [0.2, 0.25) is 0 Å². The van der Waals surface area contributed by atoms with Crippen LogP contribution in [0.1, 0.15) is 25.0 Å². The number of carbonyl (C=O) groups excluding carboxylic acids is 1. The van der Waals surface area contributed by atoms with Gasteiger partial charge in [-0.25, -0.2) is 0 Å². The molecule has 0 saturated carbocycles. The van der Waals surface area contributed by atoms with Crippen molar-refractivity contribution in [2.75, 3.05) is 18.5 Å². The molecule has 0 heterocycles. The number of hydrogen-bond acceptors (Lipinski definition) is 4. The van der Waals surface area contributed by atoms with Crippen LogP contribution in [0, 0.1) is 0 Å². The lowest BCUT2D eigenvalue weighted by Crippen LogP contribution is -2.22. The zero-order valence-electron chi connectivity index (χ0n) is 14.1. The highest BCUT2D eigenvalue weighted by Crippen LogP contribution is 2.13. The van der Waals surface area contributed by atoms with Gasteiger partial charge in [0, 0.05) is 12.6 Å². The maximum atomic E-state index is 11.2. The largest absolute Gasteiger partial charge is 0.394 e. The molecule has 0 spiro atoms. The van der Waals surface area contributed by atoms with Crippen LogP contribution in [0.4, 0.5) is 5.69 Å². The molecule has 5 heteroatoms. The average molecular weight is 325 g/mol. The summed E-state index contributed by atoms with van der Waals surface area (Å²) in [5.41, 5.74) is 3.63. The topological polar surface area (TPSA) is 64.9 Å². The van der Waals surface area contributed by atoms with Gasteiger partial charge in [0.25, 0.3) is 0 Å². The van der Waals surface area contributed by atoms with Gasteiger partial charge in [-0.1, -0.05) is 42.5 Å². The smallest absolute Gasteiger partial charge is 0.221 e. The molecule has 0 saturated heterocycles. The Balaban J connectivity index is 2.17. The Bertz CT molecular complexity index is 699. The van der Waals surface area contributed by atoms with Crippen molar-refractivity contribution in [3.63, 3.8) is 0 Å². The minimum absolute atomic E-state index is 0.0372. The second kappa shape index (κ2) is 8.84. The Hall–Kier alpha value is -2.66. The van der Waals surface area contributed by atoms with Gasteiger partial charge in [0.2, 0.25) is 5.91 Å². The number of hydrogen-bond donors (Lipinski definition) is 2. The normalized spacial score (nSPS) is 11.2. The lowest BCUT2D eigenvalue weighted by Gasteiger charge is -2.19. The molecule has 2 rings (SSSR count). The summed E-state index contributed by atoms with van der Waals surface area (Å²) in [4.78, 5) is 11.2. The summed E-state index contributed by atoms with van der Waals surface area (Å²) >= 11 is 0. The Kier molecular flexibility index (Phi) is 6.51. The van der Waals surface area contributed by atoms with E-state index in [1.807, 2.05) is 66.5 Å². The molecule has 0 unspecified atom stereocenters. The number of aliphatic hydroxyl groups excluding tert-OH is 1. The first-order chi connectivity index (χ1) is 11.6. The fourth-order valence-corrected chi connectivity index (χ4v) is 2.37. The van der Waals surface area contributed by atoms with Crippen molar-refractivity contribution < 1.29 is 9.90 Å². The molecule has 126 valence electrons. The first-order valence-corrected chi connectivity index (χ1v) is 7.91. The van der Waals surface area contributed by atoms with E-state index in [0.29, 0.717) is 13.1 Å². The SMILES string of the molecule is CC(=O)Nc1cccc(/C(C)=N\N(CCO)Cc2ccccc2)c1. The average Bonchev–Trinajstić information content (AvgIpc) is 2.55. The van der Waals surface area contributed by atoms with Crippen LogP contribution in [0.5, 0.6) is 0 Å². The summed E-state index contributed by atoms with van der Waals surface area (Å²) in [6.45, 7) is 4.52. The van der Waals surface area contributed by atoms with Crippen molar-refractivity contribution in [1.29, 1.82) is 0 Å². The second-order valence-corrected chi connectivity index (χ2v) is 5.54. The summed E-state index contributed by atoms with van der Waals surface area (Å²) in [6.07, 6.45) is 0. The maximum Gasteiger partial charge on any atom is 0.221 e. The van der Waals surface area contributed by atoms with Crippen LogP contribution in [0.25, 0.3) is 0 Å². The van der Waals surface area contributed by atoms with Crippen molar-refractivity contribution in [2.45, 2.75) is 20.4 Å². The minimum Gasteiger partial charge on any atom is -0.394 e. The highest BCUT2D eigenvalue weighted by molar-refractivity contribution is 6.00. The zero-order chi connectivity index (χ0) is 17.4. The predicted octanol–water partition coefficient (Wildman–Crippen LogP) is 2.86. The van der Waals surface area contributed by atoms with Crippen LogP contribution in [-0.2, 0) is 11.3 Å². The van der Waals surface area contributed by atoms with Crippen LogP contribution in [0.3, 0.4) is 0 Å². The number of nitrogens with one attached hydrogen (secondary N) is 1. The predicted molar refractivity (Wildman–Crippen MR) is 96.9 cm³/mol. The third kappa shape index (κ3) is 5.52. The Morgan fingerprint density at radius 1 is 1.12 bits per heavy atom. The van der Waals surface area contributed by atoms with Crippen molar-refractivity contribution in [3.8, 4) is 0 Å². The first-order valence-electron chi connectivity index (χ1n) is 7.91. The molecule has 5 nitrogen and oxygen atoms in total. The van der Waals surface area contributed by atoms with Crippen LogP contribution >= 0.6 is 0 Å². The van der Waals surface area contributed by atoms with Crippen LogP contribution in [0.15, 0.2) is 59.7 Å². The monoisotopic (exact) mass is 325 g/mol. The van der Waals surface area contributed by atoms with Gasteiger partial charge in [-0.3, -0.25) is 9.80 Å². The van der Waals surface area contributed by atoms with Crippen LogP contribution in [-0.4, -0.2) is 34.9 Å². The van der Waals surface area contributed by atoms with Crippen LogP contribution < -0.4 is 5.32 Å². The lowest BCUT2D eigenvalue weighted by molar-refractivity contribution is -0.114. The highest BCUT2D eigenvalue weighted by Gasteiger charge is 2.06. The molecular formula is C19H23N3O2. The number of nitrogens with zero attached hydrogens (tertiary/aromatic N) is 2. The van der Waals surface area contributed by atoms with Gasteiger partial charge in [-0.15, -0.1) is 0 Å². The van der Waals surface area contributed by atoms with E-state index in [4.69, 9.17) is 0 Å². The van der Waals surface area contributed by atoms with Gasteiger partial charge in [0.05, 0.1) is 25.4 Å². The standard InChI is InChI=1S/C19H23N3O2/c1-15(18-9-6-10-19(13-18)20-16(2)24)21-22(11-12-23)14-17-7-4-3-5-8-17/h3-10,13,23H,11-12,14H2,1-2H3,(H,20,24)/b21-15-. The summed E-state index contributed by atoms with van der Waals surface area (Å²) in [5, 5.41) is 18.5. The molecule has 0 aliphatic carbocycles. The molecule has 0 aliphatic rings. The maximum absolute atomic E-state index is 11.2. The Morgan fingerprint density at radius 2 is 1.88 bits per heavy atom. The van der Waals surface area contributed by atoms with E-state index in [1.54, 1.807) is 0 Å². The second-order valence-electron chi connectivity index (χ2n) is 5.54. The van der Waals surface area contributed by atoms with Gasteiger partial charge in [0.15, 0.2) is 0 Å².